The zero-order valence-electron chi connectivity index (χ0n) is 48.8. The number of rotatable bonds is 6. The van der Waals surface area contributed by atoms with E-state index >= 15 is 0 Å². The molecule has 1 heterocycles. The average molecular weight is 721 g/mol. The van der Waals surface area contributed by atoms with Crippen molar-refractivity contribution in [3.05, 3.63) is 205 Å². The molecule has 1 heteroatoms. The van der Waals surface area contributed by atoms with Crippen LogP contribution in [0.2, 0.25) is 0 Å². The van der Waals surface area contributed by atoms with E-state index in [0.29, 0.717) is 22.1 Å². The molecule has 11 rings (SSSR count). The number of aryl methyl sites for hydroxylation is 2. The second kappa shape index (κ2) is 12.9. The van der Waals surface area contributed by atoms with Gasteiger partial charge < -0.3 is 4.42 Å². The highest BCUT2D eigenvalue weighted by atomic mass is 16.3. The third kappa shape index (κ3) is 5.23. The van der Waals surface area contributed by atoms with E-state index in [1.807, 2.05) is 48.5 Å². The lowest BCUT2D eigenvalue weighted by Gasteiger charge is -2.19. The Hall–Kier alpha value is -6.96. The molecule has 0 radical (unpaired) electrons. The van der Waals surface area contributed by atoms with Gasteiger partial charge in [0.1, 0.15) is 11.2 Å². The van der Waals surface area contributed by atoms with Crippen LogP contribution in [0.5, 0.6) is 0 Å². The van der Waals surface area contributed by atoms with Gasteiger partial charge in [0.05, 0.1) is 27.4 Å². The topological polar surface area (TPSA) is 13.1 Å². The normalized spacial score (nSPS) is 16.9. The molecule has 55 heavy (non-hydrogen) atoms. The predicted octanol–water partition coefficient (Wildman–Crippen LogP) is 15.0. The molecule has 0 saturated carbocycles. The van der Waals surface area contributed by atoms with Gasteiger partial charge in [-0.05, 0) is 125 Å². The van der Waals surface area contributed by atoms with Gasteiger partial charge in [-0.3, -0.25) is 0 Å². The zero-order valence-corrected chi connectivity index (χ0v) is 28.8. The van der Waals surface area contributed by atoms with Crippen molar-refractivity contribution in [2.75, 3.05) is 0 Å². The molecule has 0 N–H and O–H groups in total. The minimum atomic E-state index is -0.789. The molecule has 0 fully saturated rings. The summed E-state index contributed by atoms with van der Waals surface area (Å²) in [5.41, 5.74) is 2.33. The fourth-order valence-corrected chi connectivity index (χ4v) is 7.65. The molecule has 0 spiro atoms. The van der Waals surface area contributed by atoms with E-state index < -0.39 is 144 Å². The SMILES string of the molecule is [2H]c1c([2H])c(-c2c3c([2H])c([2H])c([2H])c([2H])c3c(CCc3c([2H])c([2H])c([2H])c4c([2H])c([2H])c([2H])c([2H])c34)c3c([2H])c([2H])c([2H])c([2H])c23)c2c([2H])c(-c3ccc4oc5cccc(-c6ccccc6)c5c4c3)cc([2H])c2c1[2H]. The summed E-state index contributed by atoms with van der Waals surface area (Å²) in [6.45, 7) is 0. The fraction of sp³-hybridized carbons (Fsp3) is 0.0370. The van der Waals surface area contributed by atoms with Crippen LogP contribution in [0, 0.1) is 0 Å². The van der Waals surface area contributed by atoms with E-state index in [9.17, 15) is 9.60 Å². The predicted molar refractivity (Wildman–Crippen MR) is 234 cm³/mol. The molecule has 10 aromatic carbocycles. The Kier molecular flexibility index (Phi) is 4.08. The molecule has 0 aliphatic rings. The quantitative estimate of drug-likeness (QED) is 0.156. The molecule has 0 atom stereocenters. The van der Waals surface area contributed by atoms with Crippen LogP contribution in [-0.2, 0) is 12.8 Å². The summed E-state index contributed by atoms with van der Waals surface area (Å²) < 4.78 is 188. The molecule has 258 valence electrons. The Balaban J connectivity index is 1.27. The molecule has 11 aromatic rings. The lowest BCUT2D eigenvalue weighted by molar-refractivity contribution is 0.669. The molecule has 0 amide bonds. The Morgan fingerprint density at radius 1 is 0.418 bits per heavy atom. The van der Waals surface area contributed by atoms with E-state index in [2.05, 4.69) is 0 Å². The maximum atomic E-state index is 10.0. The van der Waals surface area contributed by atoms with Gasteiger partial charge in [-0.15, -0.1) is 0 Å². The van der Waals surface area contributed by atoms with Crippen LogP contribution < -0.4 is 0 Å². The Bertz CT molecular complexity index is 4320. The van der Waals surface area contributed by atoms with Crippen LogP contribution in [0.4, 0.5) is 0 Å². The van der Waals surface area contributed by atoms with Crippen molar-refractivity contribution in [1.82, 2.24) is 0 Å². The maximum Gasteiger partial charge on any atom is 0.136 e. The smallest absolute Gasteiger partial charge is 0.136 e. The summed E-state index contributed by atoms with van der Waals surface area (Å²) >= 11 is 0. The first-order chi connectivity index (χ1) is 35.6. The lowest BCUT2D eigenvalue weighted by Crippen LogP contribution is -1.98. The van der Waals surface area contributed by atoms with Gasteiger partial charge in [-0.25, -0.2) is 0 Å². The van der Waals surface area contributed by atoms with Crippen LogP contribution >= 0.6 is 0 Å². The van der Waals surface area contributed by atoms with Gasteiger partial charge in [-0.2, -0.15) is 0 Å². The summed E-state index contributed by atoms with van der Waals surface area (Å²) in [6, 6.07) is 8.61. The van der Waals surface area contributed by atoms with E-state index in [4.69, 9.17) is 22.2 Å². The van der Waals surface area contributed by atoms with E-state index in [0.717, 1.165) is 16.5 Å². The summed E-state index contributed by atoms with van der Waals surface area (Å²) in [4.78, 5) is 0. The number of fused-ring (bicyclic) bond motifs is 7. The second-order valence-corrected chi connectivity index (χ2v) is 13.1. The van der Waals surface area contributed by atoms with Crippen molar-refractivity contribution in [2.24, 2.45) is 0 Å². The Morgan fingerprint density at radius 2 is 1.11 bits per heavy atom. The molecule has 0 unspecified atom stereocenters. The van der Waals surface area contributed by atoms with Gasteiger partial charge in [0.25, 0.3) is 0 Å². The van der Waals surface area contributed by atoms with Crippen LogP contribution in [0.1, 0.15) is 38.5 Å². The summed E-state index contributed by atoms with van der Waals surface area (Å²) in [7, 11) is 0. The lowest BCUT2D eigenvalue weighted by atomic mass is 9.84. The molecule has 0 aliphatic carbocycles. The first-order valence-electron chi connectivity index (χ1n) is 27.6. The highest BCUT2D eigenvalue weighted by Gasteiger charge is 2.18. The molecule has 0 bridgehead atoms. The van der Waals surface area contributed by atoms with Gasteiger partial charge in [0.15, 0.2) is 0 Å². The molecule has 0 saturated heterocycles. The minimum absolute atomic E-state index is 0.122. The Morgan fingerprint density at radius 3 is 1.91 bits per heavy atom. The molecule has 0 aliphatic heterocycles. The second-order valence-electron chi connectivity index (χ2n) is 13.1. The van der Waals surface area contributed by atoms with Gasteiger partial charge in [0.2, 0.25) is 0 Å². The monoisotopic (exact) mass is 720 g/mol. The van der Waals surface area contributed by atoms with Crippen LogP contribution in [0.3, 0.4) is 0 Å². The van der Waals surface area contributed by atoms with Crippen molar-refractivity contribution >= 4 is 65.0 Å². The first-order valence-corrected chi connectivity index (χ1v) is 17.6. The largest absolute Gasteiger partial charge is 0.456 e. The van der Waals surface area contributed by atoms with Crippen molar-refractivity contribution < 1.29 is 31.8 Å². The zero-order chi connectivity index (χ0) is 53.7. The molecular formula is C54H36O. The highest BCUT2D eigenvalue weighted by Crippen LogP contribution is 2.44. The number of benzene rings is 10. The van der Waals surface area contributed by atoms with Crippen LogP contribution in [-0.4, -0.2) is 0 Å². The van der Waals surface area contributed by atoms with Crippen LogP contribution in [0.15, 0.2) is 198 Å². The summed E-state index contributed by atoms with van der Waals surface area (Å²) in [5.74, 6) is 0. The van der Waals surface area contributed by atoms with Crippen LogP contribution in [0.25, 0.3) is 98.4 Å². The maximum absolute atomic E-state index is 10.0. The fourth-order valence-electron chi connectivity index (χ4n) is 7.65. The van der Waals surface area contributed by atoms with Crippen molar-refractivity contribution in [3.8, 4) is 33.4 Å². The third-order valence-corrected chi connectivity index (χ3v) is 10.1. The van der Waals surface area contributed by atoms with Crippen molar-refractivity contribution in [1.29, 1.82) is 0 Å². The third-order valence-electron chi connectivity index (χ3n) is 10.1. The van der Waals surface area contributed by atoms with Gasteiger partial charge in [0, 0.05) is 10.8 Å². The highest BCUT2D eigenvalue weighted by molar-refractivity contribution is 6.19. The summed E-state index contributed by atoms with van der Waals surface area (Å²) in [6.07, 6.45) is -0.856. The molecule has 1 nitrogen and oxygen atoms in total. The van der Waals surface area contributed by atoms with Crippen molar-refractivity contribution in [3.63, 3.8) is 0 Å². The number of hydrogen-bond donors (Lipinski definition) is 0. The standard InChI is InChI=1S/C54H36O/c1-2-13-36(14-3-1)42-24-12-26-52-54(42)50-34-40(30-32-51(50)55-52)39-28-27-38-18-11-25-48(49(38)33-39)53-46-22-8-6-20-43(46)45(44-21-7-9-23-47(44)53)31-29-37-17-10-16-35-15-4-5-19-41(35)37/h1-28,30,32-34H,29,31H2/i4D,5D,6D,7D,8D,9D,10D,11D,15D,16D,17D,18D,19D,20D,21D,22D,23D,25D,27D,33D. The van der Waals surface area contributed by atoms with E-state index in [1.165, 1.54) is 6.07 Å². The summed E-state index contributed by atoms with van der Waals surface area (Å²) in [5, 5.41) is -1.12. The number of furan rings is 1. The Labute approximate surface area is 347 Å². The van der Waals surface area contributed by atoms with Gasteiger partial charge >= 0.3 is 0 Å². The molecule has 1 aromatic heterocycles. The average Bonchev–Trinajstić information content (AvgIpc) is 3.90. The number of hydrogen-bond acceptors (Lipinski definition) is 1. The van der Waals surface area contributed by atoms with E-state index in [-0.39, 0.29) is 61.1 Å². The minimum Gasteiger partial charge on any atom is -0.456 e. The molecular weight excluding hydrogens is 665 g/mol. The van der Waals surface area contributed by atoms with Crippen molar-refractivity contribution in [2.45, 2.75) is 12.8 Å². The van der Waals surface area contributed by atoms with Gasteiger partial charge in [-0.1, -0.05) is 169 Å². The first kappa shape index (κ1) is 17.5. The van der Waals surface area contributed by atoms with E-state index in [1.54, 1.807) is 18.2 Å².